The second-order valence-electron chi connectivity index (χ2n) is 4.23. The second kappa shape index (κ2) is 5.50. The highest BCUT2D eigenvalue weighted by Crippen LogP contribution is 2.29. The number of carbonyl (C=O) groups is 1. The Kier molecular flexibility index (Phi) is 3.96. The minimum absolute atomic E-state index is 0.0923. The van der Waals surface area contributed by atoms with Crippen LogP contribution in [0.5, 0.6) is 0 Å². The summed E-state index contributed by atoms with van der Waals surface area (Å²) in [5.74, 6) is -0.493. The first-order chi connectivity index (χ1) is 9.06. The molecule has 0 aliphatic carbocycles. The second-order valence-corrected chi connectivity index (χ2v) is 4.59. The lowest BCUT2D eigenvalue weighted by Crippen LogP contribution is -2.37. The zero-order valence-corrected chi connectivity index (χ0v) is 10.7. The molecule has 2 rings (SSSR count). The van der Waals surface area contributed by atoms with Crippen LogP contribution in [0.15, 0.2) is 12.3 Å². The summed E-state index contributed by atoms with van der Waals surface area (Å²) in [5, 5.41) is 19.9. The Hall–Kier alpha value is -1.73. The fourth-order valence-corrected chi connectivity index (χ4v) is 2.45. The van der Waals surface area contributed by atoms with Gasteiger partial charge < -0.3 is 10.0 Å². The van der Waals surface area contributed by atoms with E-state index in [1.165, 1.54) is 17.2 Å². The molecule has 7 nitrogen and oxygen atoms in total. The number of hydrogen-bond donors (Lipinski definition) is 1. The predicted octanol–water partition coefficient (Wildman–Crippen LogP) is 1.24. The molecule has 1 unspecified atom stereocenters. The number of aliphatic hydroxyl groups excluding tert-OH is 1. The average molecular weight is 286 g/mol. The minimum Gasteiger partial charge on any atom is -0.394 e. The third-order valence-corrected chi connectivity index (χ3v) is 3.42. The normalized spacial score (nSPS) is 18.6. The quantitative estimate of drug-likeness (QED) is 0.512. The molecule has 0 spiro atoms. The van der Waals surface area contributed by atoms with Crippen molar-refractivity contribution in [1.82, 2.24) is 9.88 Å². The predicted molar refractivity (Wildman–Crippen MR) is 67.0 cm³/mol. The molecule has 2 heterocycles. The van der Waals surface area contributed by atoms with Gasteiger partial charge in [-0.1, -0.05) is 11.6 Å². The van der Waals surface area contributed by atoms with Crippen molar-refractivity contribution in [2.45, 2.75) is 18.9 Å². The highest BCUT2D eigenvalue weighted by atomic mass is 35.5. The number of rotatable bonds is 3. The Bertz CT molecular complexity index is 523. The van der Waals surface area contributed by atoms with E-state index in [1.54, 1.807) is 0 Å². The van der Waals surface area contributed by atoms with Crippen LogP contribution in [-0.2, 0) is 0 Å². The molecule has 102 valence electrons. The number of halogens is 1. The van der Waals surface area contributed by atoms with Crippen molar-refractivity contribution in [3.63, 3.8) is 0 Å². The number of carbonyl (C=O) groups excluding carboxylic acids is 1. The van der Waals surface area contributed by atoms with E-state index in [0.29, 0.717) is 13.0 Å². The van der Waals surface area contributed by atoms with E-state index >= 15 is 0 Å². The average Bonchev–Trinajstić information content (AvgIpc) is 2.85. The summed E-state index contributed by atoms with van der Waals surface area (Å²) >= 11 is 5.67. The van der Waals surface area contributed by atoms with E-state index < -0.39 is 16.5 Å². The number of pyridine rings is 1. The van der Waals surface area contributed by atoms with Crippen molar-refractivity contribution < 1.29 is 14.8 Å². The molecule has 1 aromatic heterocycles. The lowest BCUT2D eigenvalue weighted by Gasteiger charge is -2.22. The number of nitrogens with zero attached hydrogens (tertiary/aromatic N) is 3. The van der Waals surface area contributed by atoms with Gasteiger partial charge in [-0.2, -0.15) is 0 Å². The number of aliphatic hydroxyl groups is 1. The van der Waals surface area contributed by atoms with Crippen LogP contribution in [0.25, 0.3) is 0 Å². The molecular formula is C11H12ClN3O4. The first kappa shape index (κ1) is 13.7. The molecule has 1 fully saturated rings. The zero-order valence-electron chi connectivity index (χ0n) is 9.95. The molecule has 8 heteroatoms. The molecule has 0 radical (unpaired) electrons. The SMILES string of the molecule is O=C(c1ccnc(Cl)c1[N+](=O)[O-])N1CCCC1CO. The van der Waals surface area contributed by atoms with E-state index in [2.05, 4.69) is 4.98 Å². The maximum atomic E-state index is 12.3. The van der Waals surface area contributed by atoms with Crippen LogP contribution in [0.3, 0.4) is 0 Å². The highest BCUT2D eigenvalue weighted by molar-refractivity contribution is 6.32. The van der Waals surface area contributed by atoms with Gasteiger partial charge in [-0.15, -0.1) is 0 Å². The number of hydrogen-bond acceptors (Lipinski definition) is 5. The summed E-state index contributed by atoms with van der Waals surface area (Å²) in [4.78, 5) is 27.6. The van der Waals surface area contributed by atoms with Crippen LogP contribution in [0.2, 0.25) is 5.15 Å². The van der Waals surface area contributed by atoms with Gasteiger partial charge in [0.05, 0.1) is 17.6 Å². The molecule has 1 aromatic rings. The Labute approximate surface area is 114 Å². The molecule has 0 aromatic carbocycles. The van der Waals surface area contributed by atoms with E-state index in [0.717, 1.165) is 6.42 Å². The molecule has 1 saturated heterocycles. The summed E-state index contributed by atoms with van der Waals surface area (Å²) in [6.45, 7) is 0.319. The van der Waals surface area contributed by atoms with Gasteiger partial charge in [-0.25, -0.2) is 4.98 Å². The fraction of sp³-hybridized carbons (Fsp3) is 0.455. The van der Waals surface area contributed by atoms with Gasteiger partial charge in [0, 0.05) is 12.7 Å². The van der Waals surface area contributed by atoms with Gasteiger partial charge in [-0.05, 0) is 18.9 Å². The van der Waals surface area contributed by atoms with Crippen molar-refractivity contribution in [3.05, 3.63) is 33.1 Å². The van der Waals surface area contributed by atoms with Crippen LogP contribution in [0, 0.1) is 10.1 Å². The van der Waals surface area contributed by atoms with Gasteiger partial charge in [0.2, 0.25) is 5.15 Å². The maximum absolute atomic E-state index is 12.3. The largest absolute Gasteiger partial charge is 0.394 e. The van der Waals surface area contributed by atoms with Gasteiger partial charge in [-0.3, -0.25) is 14.9 Å². The Balaban J connectivity index is 2.39. The number of nitro groups is 1. The number of amides is 1. The number of aromatic nitrogens is 1. The molecule has 1 aliphatic rings. The highest BCUT2D eigenvalue weighted by Gasteiger charge is 2.33. The Morgan fingerprint density at radius 3 is 3.05 bits per heavy atom. The lowest BCUT2D eigenvalue weighted by atomic mass is 10.1. The summed E-state index contributed by atoms with van der Waals surface area (Å²) in [6, 6.07) is 0.984. The van der Waals surface area contributed by atoms with Crippen LogP contribution < -0.4 is 0 Å². The Morgan fingerprint density at radius 1 is 1.68 bits per heavy atom. The van der Waals surface area contributed by atoms with Crippen LogP contribution in [0.4, 0.5) is 5.69 Å². The topological polar surface area (TPSA) is 96.6 Å². The third kappa shape index (κ3) is 2.52. The van der Waals surface area contributed by atoms with Gasteiger partial charge in [0.25, 0.3) is 5.91 Å². The molecule has 1 amide bonds. The first-order valence-electron chi connectivity index (χ1n) is 5.77. The lowest BCUT2D eigenvalue weighted by molar-refractivity contribution is -0.385. The number of likely N-dealkylation sites (tertiary alicyclic amines) is 1. The fourth-order valence-electron chi connectivity index (χ4n) is 2.22. The molecule has 0 bridgehead atoms. The van der Waals surface area contributed by atoms with Crippen LogP contribution in [-0.4, -0.2) is 45.0 Å². The van der Waals surface area contributed by atoms with E-state index in [4.69, 9.17) is 11.6 Å². The summed E-state index contributed by atoms with van der Waals surface area (Å²) in [5.41, 5.74) is -0.580. The van der Waals surface area contributed by atoms with E-state index in [1.807, 2.05) is 0 Å². The van der Waals surface area contributed by atoms with E-state index in [9.17, 15) is 20.0 Å². The van der Waals surface area contributed by atoms with Crippen molar-refractivity contribution in [2.75, 3.05) is 13.2 Å². The summed E-state index contributed by atoms with van der Waals surface area (Å²) in [7, 11) is 0. The summed E-state index contributed by atoms with van der Waals surface area (Å²) in [6.07, 6.45) is 2.71. The van der Waals surface area contributed by atoms with Crippen LogP contribution in [0.1, 0.15) is 23.2 Å². The third-order valence-electron chi connectivity index (χ3n) is 3.14. The Morgan fingerprint density at radius 2 is 2.42 bits per heavy atom. The smallest absolute Gasteiger partial charge is 0.319 e. The van der Waals surface area contributed by atoms with Gasteiger partial charge in [0.15, 0.2) is 0 Å². The van der Waals surface area contributed by atoms with E-state index in [-0.39, 0.29) is 23.4 Å². The van der Waals surface area contributed by atoms with Crippen molar-refractivity contribution >= 4 is 23.2 Å². The first-order valence-corrected chi connectivity index (χ1v) is 6.14. The van der Waals surface area contributed by atoms with Gasteiger partial charge >= 0.3 is 5.69 Å². The van der Waals surface area contributed by atoms with Gasteiger partial charge in [0.1, 0.15) is 5.56 Å². The molecule has 1 atom stereocenters. The minimum atomic E-state index is -0.716. The van der Waals surface area contributed by atoms with Crippen molar-refractivity contribution in [1.29, 1.82) is 0 Å². The van der Waals surface area contributed by atoms with Crippen molar-refractivity contribution in [2.24, 2.45) is 0 Å². The zero-order chi connectivity index (χ0) is 14.0. The van der Waals surface area contributed by atoms with Crippen molar-refractivity contribution in [3.8, 4) is 0 Å². The molecule has 19 heavy (non-hydrogen) atoms. The van der Waals surface area contributed by atoms with Crippen LogP contribution >= 0.6 is 11.6 Å². The molecule has 1 aliphatic heterocycles. The monoisotopic (exact) mass is 285 g/mol. The molecular weight excluding hydrogens is 274 g/mol. The maximum Gasteiger partial charge on any atom is 0.319 e. The summed E-state index contributed by atoms with van der Waals surface area (Å²) < 4.78 is 0. The molecule has 0 saturated carbocycles. The molecule has 1 N–H and O–H groups in total. The standard InChI is InChI=1S/C11H12ClN3O4/c12-10-9(15(18)19)8(3-4-13-10)11(17)14-5-1-2-7(14)6-16/h3-4,7,16H,1-2,5-6H2.